The first kappa shape index (κ1) is 84.1. The van der Waals surface area contributed by atoms with Crippen molar-refractivity contribution in [3.8, 4) is 0 Å². The van der Waals surface area contributed by atoms with E-state index in [1.165, 1.54) is 148 Å². The summed E-state index contributed by atoms with van der Waals surface area (Å²) in [7, 11) is -9.89. The van der Waals surface area contributed by atoms with E-state index in [9.17, 15) is 43.2 Å². The number of esters is 4. The molecule has 510 valence electrons. The van der Waals surface area contributed by atoms with Gasteiger partial charge >= 0.3 is 39.5 Å². The SMILES string of the molecule is CCCCCCCCCCCCCCCCCC(=O)O[C@H](COC(=O)CCCCCCCCCCC(C)CC)COP(=O)(O)OC[C@@H](O)COP(=O)(O)OC[C@@H](COC(=O)CCCCCCCCC(C)C)OC(=O)CCCCCCCCCCCC. The summed E-state index contributed by atoms with van der Waals surface area (Å²) in [6.07, 6.45) is 43.1. The largest absolute Gasteiger partial charge is 0.472 e. The van der Waals surface area contributed by atoms with Crippen molar-refractivity contribution in [2.75, 3.05) is 39.6 Å². The predicted molar refractivity (Wildman–Crippen MR) is 345 cm³/mol. The Bertz CT molecular complexity index is 1690. The van der Waals surface area contributed by atoms with Crippen LogP contribution < -0.4 is 0 Å². The molecule has 0 saturated carbocycles. The number of aliphatic hydroxyl groups is 1. The first-order valence-electron chi connectivity index (χ1n) is 35.0. The van der Waals surface area contributed by atoms with Crippen LogP contribution in [0.15, 0.2) is 0 Å². The fourth-order valence-corrected chi connectivity index (χ4v) is 11.6. The van der Waals surface area contributed by atoms with Crippen LogP contribution in [0, 0.1) is 11.8 Å². The van der Waals surface area contributed by atoms with Crippen molar-refractivity contribution in [2.24, 2.45) is 11.8 Å². The molecule has 0 rings (SSSR count). The van der Waals surface area contributed by atoms with Gasteiger partial charge in [0.25, 0.3) is 0 Å². The van der Waals surface area contributed by atoms with E-state index in [2.05, 4.69) is 41.5 Å². The lowest BCUT2D eigenvalue weighted by Gasteiger charge is -2.21. The van der Waals surface area contributed by atoms with Crippen molar-refractivity contribution in [1.82, 2.24) is 0 Å². The number of rotatable bonds is 66. The van der Waals surface area contributed by atoms with Gasteiger partial charge < -0.3 is 33.8 Å². The molecule has 86 heavy (non-hydrogen) atoms. The van der Waals surface area contributed by atoms with E-state index in [-0.39, 0.29) is 25.7 Å². The van der Waals surface area contributed by atoms with Crippen LogP contribution in [0.3, 0.4) is 0 Å². The molecule has 17 nitrogen and oxygen atoms in total. The Hall–Kier alpha value is -1.94. The molecular formula is C67H130O17P2. The maximum atomic E-state index is 13.0. The normalized spacial score (nSPS) is 14.5. The number of aliphatic hydroxyl groups excluding tert-OH is 1. The van der Waals surface area contributed by atoms with E-state index < -0.39 is 97.5 Å². The molecule has 0 aliphatic heterocycles. The second kappa shape index (κ2) is 59.4. The molecule has 0 spiro atoms. The number of carbonyl (C=O) groups is 4. The molecule has 6 atom stereocenters. The summed E-state index contributed by atoms with van der Waals surface area (Å²) in [5, 5.41) is 10.6. The third-order valence-electron chi connectivity index (χ3n) is 15.8. The first-order valence-corrected chi connectivity index (χ1v) is 38.0. The van der Waals surface area contributed by atoms with Crippen LogP contribution in [0.25, 0.3) is 0 Å². The van der Waals surface area contributed by atoms with Crippen LogP contribution >= 0.6 is 15.6 Å². The van der Waals surface area contributed by atoms with Crippen molar-refractivity contribution in [1.29, 1.82) is 0 Å². The van der Waals surface area contributed by atoms with Gasteiger partial charge in [-0.2, -0.15) is 0 Å². The van der Waals surface area contributed by atoms with E-state index in [1.807, 2.05) is 0 Å². The van der Waals surface area contributed by atoms with E-state index in [0.717, 1.165) is 102 Å². The van der Waals surface area contributed by atoms with Crippen LogP contribution in [0.1, 0.15) is 337 Å². The van der Waals surface area contributed by atoms with Gasteiger partial charge in [0, 0.05) is 25.7 Å². The van der Waals surface area contributed by atoms with Crippen molar-refractivity contribution >= 4 is 39.5 Å². The lowest BCUT2D eigenvalue weighted by molar-refractivity contribution is -0.161. The Balaban J connectivity index is 5.24. The van der Waals surface area contributed by atoms with E-state index >= 15 is 0 Å². The molecule has 0 bridgehead atoms. The highest BCUT2D eigenvalue weighted by Gasteiger charge is 2.30. The Morgan fingerprint density at radius 1 is 0.337 bits per heavy atom. The van der Waals surface area contributed by atoms with Gasteiger partial charge in [0.15, 0.2) is 12.2 Å². The first-order chi connectivity index (χ1) is 41.4. The van der Waals surface area contributed by atoms with E-state index in [4.69, 9.17) is 37.0 Å². The van der Waals surface area contributed by atoms with Crippen LogP contribution in [0.5, 0.6) is 0 Å². The molecule has 0 aliphatic carbocycles. The average Bonchev–Trinajstić information content (AvgIpc) is 3.54. The molecule has 0 aromatic rings. The van der Waals surface area contributed by atoms with Gasteiger partial charge in [0.05, 0.1) is 26.4 Å². The highest BCUT2D eigenvalue weighted by molar-refractivity contribution is 7.47. The molecule has 19 heteroatoms. The number of phosphoric ester groups is 2. The fourth-order valence-electron chi connectivity index (χ4n) is 10.0. The minimum atomic E-state index is -4.95. The van der Waals surface area contributed by atoms with Crippen molar-refractivity contribution in [2.45, 2.75) is 355 Å². The van der Waals surface area contributed by atoms with Gasteiger partial charge in [0.1, 0.15) is 19.3 Å². The number of phosphoric acid groups is 2. The maximum Gasteiger partial charge on any atom is 0.472 e. The summed E-state index contributed by atoms with van der Waals surface area (Å²) >= 11 is 0. The average molecular weight is 1270 g/mol. The highest BCUT2D eigenvalue weighted by Crippen LogP contribution is 2.45. The summed E-state index contributed by atoms with van der Waals surface area (Å²) in [6.45, 7) is 9.44. The monoisotopic (exact) mass is 1270 g/mol. The number of unbranched alkanes of at least 4 members (excludes halogenated alkanes) is 35. The third kappa shape index (κ3) is 59.7. The zero-order valence-corrected chi connectivity index (χ0v) is 57.4. The third-order valence-corrected chi connectivity index (χ3v) is 17.7. The van der Waals surface area contributed by atoms with E-state index in [1.54, 1.807) is 0 Å². The summed E-state index contributed by atoms with van der Waals surface area (Å²) in [6, 6.07) is 0. The second-order valence-corrected chi connectivity index (χ2v) is 27.8. The molecule has 0 saturated heterocycles. The molecule has 0 radical (unpaired) electrons. The number of carbonyl (C=O) groups excluding carboxylic acids is 4. The topological polar surface area (TPSA) is 237 Å². The van der Waals surface area contributed by atoms with Crippen LogP contribution in [0.2, 0.25) is 0 Å². The number of hydrogen-bond acceptors (Lipinski definition) is 15. The van der Waals surface area contributed by atoms with Crippen molar-refractivity contribution in [3.05, 3.63) is 0 Å². The molecule has 0 aromatic heterocycles. The molecular weight excluding hydrogens is 1140 g/mol. The molecule has 0 aliphatic rings. The standard InChI is InChI=1S/C67H130O17P2/c1-7-10-12-14-16-18-20-21-22-23-24-26-32-40-46-52-67(72)83-62(55-77-64(69)49-43-37-30-28-27-29-36-42-48-60(6)9-3)57-81-85(73,74)79-53-61(68)54-80-86(75,76)82-58-63(56-78-65(70)50-44-38-34-33-35-41-47-59(4)5)84-66(71)51-45-39-31-25-19-17-15-13-11-8-2/h59-63,68H,7-58H2,1-6H3,(H,73,74)(H,75,76)/t60?,61-,62-,63-/m1/s1. The van der Waals surface area contributed by atoms with Crippen LogP contribution in [-0.2, 0) is 65.4 Å². The van der Waals surface area contributed by atoms with Gasteiger partial charge in [-0.3, -0.25) is 37.3 Å². The Morgan fingerprint density at radius 2 is 0.593 bits per heavy atom. The zero-order chi connectivity index (χ0) is 63.6. The molecule has 3 N–H and O–H groups in total. The minimum absolute atomic E-state index is 0.105. The summed E-state index contributed by atoms with van der Waals surface area (Å²) < 4.78 is 68.1. The van der Waals surface area contributed by atoms with Gasteiger partial charge in [-0.15, -0.1) is 0 Å². The van der Waals surface area contributed by atoms with Crippen molar-refractivity contribution < 1.29 is 80.2 Å². The van der Waals surface area contributed by atoms with Crippen LogP contribution in [-0.4, -0.2) is 96.7 Å². The Kier molecular flexibility index (Phi) is 58.0. The molecule has 0 fully saturated rings. The Morgan fingerprint density at radius 3 is 0.884 bits per heavy atom. The van der Waals surface area contributed by atoms with Gasteiger partial charge in [-0.25, -0.2) is 9.13 Å². The molecule has 0 aromatic carbocycles. The Labute approximate surface area is 524 Å². The quantitative estimate of drug-likeness (QED) is 0.0222. The highest BCUT2D eigenvalue weighted by atomic mass is 31.2. The summed E-state index contributed by atoms with van der Waals surface area (Å²) in [5.74, 6) is -0.673. The smallest absolute Gasteiger partial charge is 0.462 e. The second-order valence-electron chi connectivity index (χ2n) is 24.9. The zero-order valence-electron chi connectivity index (χ0n) is 55.6. The summed E-state index contributed by atoms with van der Waals surface area (Å²) in [5.41, 5.74) is 0. The predicted octanol–water partition coefficient (Wildman–Crippen LogP) is 18.8. The van der Waals surface area contributed by atoms with E-state index in [0.29, 0.717) is 31.6 Å². The molecule has 0 heterocycles. The lowest BCUT2D eigenvalue weighted by Crippen LogP contribution is -2.30. The van der Waals surface area contributed by atoms with Gasteiger partial charge in [-0.1, -0.05) is 286 Å². The molecule has 3 unspecified atom stereocenters. The number of ether oxygens (including phenoxy) is 4. The lowest BCUT2D eigenvalue weighted by atomic mass is 9.99. The number of hydrogen-bond donors (Lipinski definition) is 3. The maximum absolute atomic E-state index is 13.0. The minimum Gasteiger partial charge on any atom is -0.462 e. The molecule has 0 amide bonds. The van der Waals surface area contributed by atoms with Gasteiger partial charge in [-0.05, 0) is 37.5 Å². The fraction of sp³-hybridized carbons (Fsp3) is 0.940. The van der Waals surface area contributed by atoms with Crippen molar-refractivity contribution in [3.63, 3.8) is 0 Å². The summed E-state index contributed by atoms with van der Waals surface area (Å²) in [4.78, 5) is 72.3. The van der Waals surface area contributed by atoms with Gasteiger partial charge in [0.2, 0.25) is 0 Å². The van der Waals surface area contributed by atoms with Crippen LogP contribution in [0.4, 0.5) is 0 Å².